The zero-order valence-corrected chi connectivity index (χ0v) is 11.8. The molecule has 1 saturated heterocycles. The predicted molar refractivity (Wildman–Crippen MR) is 76.6 cm³/mol. The normalized spacial score (nSPS) is 24.6. The average Bonchev–Trinajstić information content (AvgIpc) is 2.33. The molecule has 1 aliphatic rings. The molecule has 0 spiro atoms. The molecule has 0 amide bonds. The highest BCUT2D eigenvalue weighted by Crippen LogP contribution is 2.26. The standard InChI is InChI=1S/C15H22N2O2/c1-10-5-4-6-11(2)17(10)16-12(3)14-8-7-13(18)9-15(14)19/h7-11,18-19H,4-6H2,1-3H3/b16-12+. The van der Waals surface area contributed by atoms with E-state index in [4.69, 9.17) is 0 Å². The number of nitrogens with zero attached hydrogens (tertiary/aromatic N) is 2. The van der Waals surface area contributed by atoms with Crippen molar-refractivity contribution < 1.29 is 10.2 Å². The molecule has 4 heteroatoms. The van der Waals surface area contributed by atoms with Crippen molar-refractivity contribution in [1.29, 1.82) is 0 Å². The number of rotatable bonds is 2. The maximum Gasteiger partial charge on any atom is 0.128 e. The summed E-state index contributed by atoms with van der Waals surface area (Å²) in [6, 6.07) is 5.47. The first-order valence-electron chi connectivity index (χ1n) is 6.85. The van der Waals surface area contributed by atoms with Crippen molar-refractivity contribution in [3.8, 4) is 11.5 Å². The Labute approximate surface area is 114 Å². The van der Waals surface area contributed by atoms with Gasteiger partial charge >= 0.3 is 0 Å². The van der Waals surface area contributed by atoms with Gasteiger partial charge in [-0.05, 0) is 52.2 Å². The minimum absolute atomic E-state index is 0.0637. The highest BCUT2D eigenvalue weighted by Gasteiger charge is 2.23. The van der Waals surface area contributed by atoms with Crippen molar-refractivity contribution in [2.45, 2.75) is 52.1 Å². The predicted octanol–water partition coefficient (Wildman–Crippen LogP) is 3.08. The molecule has 0 aromatic heterocycles. The van der Waals surface area contributed by atoms with Crippen LogP contribution in [0.4, 0.5) is 0 Å². The second-order valence-corrected chi connectivity index (χ2v) is 5.40. The van der Waals surface area contributed by atoms with E-state index in [-0.39, 0.29) is 11.5 Å². The van der Waals surface area contributed by atoms with Crippen molar-refractivity contribution in [2.24, 2.45) is 5.10 Å². The molecule has 2 N–H and O–H groups in total. The van der Waals surface area contributed by atoms with E-state index in [9.17, 15) is 10.2 Å². The molecule has 1 aromatic rings. The van der Waals surface area contributed by atoms with Crippen molar-refractivity contribution in [3.05, 3.63) is 23.8 Å². The average molecular weight is 262 g/mol. The van der Waals surface area contributed by atoms with Crippen LogP contribution < -0.4 is 0 Å². The minimum Gasteiger partial charge on any atom is -0.508 e. The van der Waals surface area contributed by atoms with E-state index in [2.05, 4.69) is 24.0 Å². The SMILES string of the molecule is C/C(=N\N1C(C)CCCC1C)c1ccc(O)cc1O. The van der Waals surface area contributed by atoms with Gasteiger partial charge < -0.3 is 10.2 Å². The third-order valence-corrected chi connectivity index (χ3v) is 3.78. The summed E-state index contributed by atoms with van der Waals surface area (Å²) in [5.74, 6) is 0.132. The Morgan fingerprint density at radius 3 is 2.42 bits per heavy atom. The molecule has 1 heterocycles. The Morgan fingerprint density at radius 2 is 1.84 bits per heavy atom. The fourth-order valence-corrected chi connectivity index (χ4v) is 2.66. The first-order valence-corrected chi connectivity index (χ1v) is 6.85. The maximum atomic E-state index is 9.86. The summed E-state index contributed by atoms with van der Waals surface area (Å²) >= 11 is 0. The van der Waals surface area contributed by atoms with Gasteiger partial charge in [0.1, 0.15) is 11.5 Å². The van der Waals surface area contributed by atoms with E-state index in [0.717, 1.165) is 18.6 Å². The van der Waals surface area contributed by atoms with Crippen molar-refractivity contribution in [2.75, 3.05) is 0 Å². The molecule has 0 aliphatic carbocycles. The van der Waals surface area contributed by atoms with Crippen LogP contribution >= 0.6 is 0 Å². The highest BCUT2D eigenvalue weighted by molar-refractivity contribution is 6.01. The summed E-state index contributed by atoms with van der Waals surface area (Å²) in [6.45, 7) is 6.26. The van der Waals surface area contributed by atoms with E-state index >= 15 is 0 Å². The summed E-state index contributed by atoms with van der Waals surface area (Å²) in [5, 5.41) is 26.0. The lowest BCUT2D eigenvalue weighted by atomic mass is 10.00. The summed E-state index contributed by atoms with van der Waals surface area (Å²) in [7, 11) is 0. The van der Waals surface area contributed by atoms with Crippen LogP contribution in [-0.2, 0) is 0 Å². The molecule has 2 atom stereocenters. The van der Waals surface area contributed by atoms with Gasteiger partial charge in [-0.2, -0.15) is 5.10 Å². The first kappa shape index (κ1) is 13.7. The third kappa shape index (κ3) is 3.00. The second-order valence-electron chi connectivity index (χ2n) is 5.40. The zero-order chi connectivity index (χ0) is 14.0. The molecule has 2 rings (SSSR count). The molecule has 1 aromatic carbocycles. The molecule has 0 bridgehead atoms. The largest absolute Gasteiger partial charge is 0.508 e. The third-order valence-electron chi connectivity index (χ3n) is 3.78. The quantitative estimate of drug-likeness (QED) is 0.805. The molecule has 0 saturated carbocycles. The Balaban J connectivity index is 2.26. The number of benzene rings is 1. The van der Waals surface area contributed by atoms with Gasteiger partial charge in [0.2, 0.25) is 0 Å². The highest BCUT2D eigenvalue weighted by atomic mass is 16.3. The van der Waals surface area contributed by atoms with Gasteiger partial charge in [0.05, 0.1) is 5.71 Å². The number of hydrogen-bond acceptors (Lipinski definition) is 4. The molecule has 0 radical (unpaired) electrons. The van der Waals surface area contributed by atoms with Gasteiger partial charge in [0, 0.05) is 23.7 Å². The van der Waals surface area contributed by atoms with Crippen LogP contribution in [0.15, 0.2) is 23.3 Å². The molecule has 2 unspecified atom stereocenters. The number of piperidine rings is 1. The molecule has 1 aliphatic heterocycles. The van der Waals surface area contributed by atoms with Gasteiger partial charge in [0.25, 0.3) is 0 Å². The summed E-state index contributed by atoms with van der Waals surface area (Å²) < 4.78 is 0. The monoisotopic (exact) mass is 262 g/mol. The number of hydrazone groups is 1. The molecular formula is C15H22N2O2. The molecule has 1 fully saturated rings. The van der Waals surface area contributed by atoms with Crippen molar-refractivity contribution in [3.63, 3.8) is 0 Å². The Bertz CT molecular complexity index is 475. The number of phenolic OH excluding ortho intramolecular Hbond substituents is 2. The first-order chi connectivity index (χ1) is 8.99. The molecule has 19 heavy (non-hydrogen) atoms. The van der Waals surface area contributed by atoms with E-state index in [0.29, 0.717) is 17.6 Å². The fourth-order valence-electron chi connectivity index (χ4n) is 2.66. The lowest BCUT2D eigenvalue weighted by molar-refractivity contribution is 0.108. The second kappa shape index (κ2) is 5.51. The molecular weight excluding hydrogens is 240 g/mol. The van der Waals surface area contributed by atoms with Crippen LogP contribution in [0.25, 0.3) is 0 Å². The summed E-state index contributed by atoms with van der Waals surface area (Å²) in [5.41, 5.74) is 1.45. The summed E-state index contributed by atoms with van der Waals surface area (Å²) in [6.07, 6.45) is 3.56. The topological polar surface area (TPSA) is 56.1 Å². The number of aromatic hydroxyl groups is 2. The Morgan fingerprint density at radius 1 is 1.21 bits per heavy atom. The Kier molecular flexibility index (Phi) is 3.98. The smallest absolute Gasteiger partial charge is 0.128 e. The van der Waals surface area contributed by atoms with Gasteiger partial charge in [-0.25, -0.2) is 0 Å². The van der Waals surface area contributed by atoms with E-state index < -0.39 is 0 Å². The van der Waals surface area contributed by atoms with Crippen LogP contribution in [0.5, 0.6) is 11.5 Å². The van der Waals surface area contributed by atoms with Gasteiger partial charge in [-0.3, -0.25) is 5.01 Å². The zero-order valence-electron chi connectivity index (χ0n) is 11.8. The molecule has 4 nitrogen and oxygen atoms in total. The summed E-state index contributed by atoms with van der Waals surface area (Å²) in [4.78, 5) is 0. The van der Waals surface area contributed by atoms with Gasteiger partial charge in [-0.1, -0.05) is 0 Å². The minimum atomic E-state index is 0.0637. The van der Waals surface area contributed by atoms with Crippen LogP contribution in [-0.4, -0.2) is 33.0 Å². The van der Waals surface area contributed by atoms with Gasteiger partial charge in [-0.15, -0.1) is 0 Å². The van der Waals surface area contributed by atoms with Crippen molar-refractivity contribution >= 4 is 5.71 Å². The molecule has 104 valence electrons. The number of hydrogen-bond donors (Lipinski definition) is 2. The lowest BCUT2D eigenvalue weighted by Crippen LogP contribution is -2.40. The van der Waals surface area contributed by atoms with Crippen LogP contribution in [0.3, 0.4) is 0 Å². The number of phenols is 2. The fraction of sp³-hybridized carbons (Fsp3) is 0.533. The van der Waals surface area contributed by atoms with E-state index in [1.807, 2.05) is 6.92 Å². The lowest BCUT2D eigenvalue weighted by Gasteiger charge is -2.37. The maximum absolute atomic E-state index is 9.86. The van der Waals surface area contributed by atoms with Crippen LogP contribution in [0.1, 0.15) is 45.6 Å². The van der Waals surface area contributed by atoms with Crippen LogP contribution in [0, 0.1) is 0 Å². The van der Waals surface area contributed by atoms with Crippen LogP contribution in [0.2, 0.25) is 0 Å². The Hall–Kier alpha value is -1.71. The van der Waals surface area contributed by atoms with Gasteiger partial charge in [0.15, 0.2) is 0 Å². The van der Waals surface area contributed by atoms with Crippen molar-refractivity contribution in [1.82, 2.24) is 5.01 Å². The van der Waals surface area contributed by atoms with E-state index in [1.165, 1.54) is 12.5 Å². The van der Waals surface area contributed by atoms with E-state index in [1.54, 1.807) is 12.1 Å².